The number of carbonyl (C=O) groups excluding carboxylic acids is 2. The minimum Gasteiger partial charge on any atom is -0.408 e. The van der Waals surface area contributed by atoms with Crippen LogP contribution in [-0.2, 0) is 17.8 Å². The van der Waals surface area contributed by atoms with Crippen molar-refractivity contribution in [3.05, 3.63) is 105 Å². The van der Waals surface area contributed by atoms with Gasteiger partial charge < -0.3 is 9.73 Å². The van der Waals surface area contributed by atoms with Crippen LogP contribution < -0.4 is 11.1 Å². The van der Waals surface area contributed by atoms with Gasteiger partial charge in [0.25, 0.3) is 0 Å². The zero-order chi connectivity index (χ0) is 22.7. The van der Waals surface area contributed by atoms with Crippen LogP contribution in [0.4, 0.5) is 4.39 Å². The van der Waals surface area contributed by atoms with E-state index in [0.29, 0.717) is 13.0 Å². The Balaban J connectivity index is 1.53. The van der Waals surface area contributed by atoms with Gasteiger partial charge >= 0.3 is 5.76 Å². The third-order valence-corrected chi connectivity index (χ3v) is 5.31. The van der Waals surface area contributed by atoms with Crippen molar-refractivity contribution in [2.24, 2.45) is 0 Å². The number of aromatic nitrogens is 1. The molecule has 6 nitrogen and oxygen atoms in total. The summed E-state index contributed by atoms with van der Waals surface area (Å²) in [5, 5.41) is 2.78. The Bertz CT molecular complexity index is 1360. The van der Waals surface area contributed by atoms with Crippen LogP contribution in [-0.4, -0.2) is 22.8 Å². The van der Waals surface area contributed by atoms with Crippen LogP contribution in [0.5, 0.6) is 0 Å². The quantitative estimate of drug-likeness (QED) is 0.430. The van der Waals surface area contributed by atoms with Crippen molar-refractivity contribution in [1.82, 2.24) is 9.88 Å². The molecule has 0 fully saturated rings. The minimum absolute atomic E-state index is 0.00233. The van der Waals surface area contributed by atoms with Crippen LogP contribution in [0.15, 0.2) is 75.9 Å². The van der Waals surface area contributed by atoms with Gasteiger partial charge in [-0.15, -0.1) is 0 Å². The summed E-state index contributed by atoms with van der Waals surface area (Å²) in [6, 6.07) is 17.9. The fraction of sp³-hybridized carbons (Fsp3) is 0.125. The van der Waals surface area contributed by atoms with Gasteiger partial charge in [-0.2, -0.15) is 0 Å². The van der Waals surface area contributed by atoms with E-state index in [0.717, 1.165) is 10.1 Å². The van der Waals surface area contributed by atoms with Crippen molar-refractivity contribution < 1.29 is 18.4 Å². The highest BCUT2D eigenvalue weighted by molar-refractivity contribution is 6.35. The summed E-state index contributed by atoms with van der Waals surface area (Å²) < 4.78 is 20.4. The second-order valence-electron chi connectivity index (χ2n) is 7.15. The molecule has 0 spiro atoms. The Morgan fingerprint density at radius 1 is 1.00 bits per heavy atom. The molecule has 4 rings (SSSR count). The number of hydrogen-bond donors (Lipinski definition) is 1. The predicted molar refractivity (Wildman–Crippen MR) is 118 cm³/mol. The van der Waals surface area contributed by atoms with E-state index in [9.17, 15) is 18.8 Å². The fourth-order valence-electron chi connectivity index (χ4n) is 3.39. The molecule has 0 saturated carbocycles. The lowest BCUT2D eigenvalue weighted by Gasteiger charge is -2.07. The van der Waals surface area contributed by atoms with Crippen molar-refractivity contribution >= 4 is 34.4 Å². The molecule has 1 N–H and O–H groups in total. The summed E-state index contributed by atoms with van der Waals surface area (Å²) >= 11 is 6.27. The molecule has 0 radical (unpaired) electrons. The van der Waals surface area contributed by atoms with Crippen molar-refractivity contribution in [2.75, 3.05) is 6.54 Å². The standard InChI is InChI=1S/C24H18ClFN2O4/c25-18-13-20-21(12-17(18)23(30)16-8-4-5-9-19(16)26)32-24(31)28(20)14-22(29)27-11-10-15-6-2-1-3-7-15/h1-9,12-13H,10-11,14H2,(H,27,29). The smallest absolute Gasteiger partial charge is 0.408 e. The third-order valence-electron chi connectivity index (χ3n) is 5.00. The molecule has 3 aromatic carbocycles. The second-order valence-corrected chi connectivity index (χ2v) is 7.56. The Morgan fingerprint density at radius 3 is 2.47 bits per heavy atom. The third kappa shape index (κ3) is 4.48. The maximum atomic E-state index is 14.0. The number of nitrogens with one attached hydrogen (secondary N) is 1. The molecule has 0 aliphatic rings. The van der Waals surface area contributed by atoms with Crippen molar-refractivity contribution in [2.45, 2.75) is 13.0 Å². The molecule has 0 bridgehead atoms. The van der Waals surface area contributed by atoms with Crippen molar-refractivity contribution in [1.29, 1.82) is 0 Å². The summed E-state index contributed by atoms with van der Waals surface area (Å²) in [5.74, 6) is -2.44. The van der Waals surface area contributed by atoms with Crippen LogP contribution >= 0.6 is 11.6 Å². The topological polar surface area (TPSA) is 81.3 Å². The molecule has 1 aromatic heterocycles. The highest BCUT2D eigenvalue weighted by Crippen LogP contribution is 2.26. The first-order valence-electron chi connectivity index (χ1n) is 9.87. The first kappa shape index (κ1) is 21.5. The van der Waals surface area contributed by atoms with Crippen molar-refractivity contribution in [3.63, 3.8) is 0 Å². The van der Waals surface area contributed by atoms with Crippen LogP contribution in [0.25, 0.3) is 11.1 Å². The number of ketones is 1. The monoisotopic (exact) mass is 452 g/mol. The first-order chi connectivity index (χ1) is 15.4. The van der Waals surface area contributed by atoms with Crippen LogP contribution in [0.3, 0.4) is 0 Å². The number of nitrogens with zero attached hydrogens (tertiary/aromatic N) is 1. The molecule has 4 aromatic rings. The summed E-state index contributed by atoms with van der Waals surface area (Å²) in [7, 11) is 0. The van der Waals surface area contributed by atoms with Gasteiger partial charge in [0.05, 0.1) is 16.1 Å². The largest absolute Gasteiger partial charge is 0.420 e. The minimum atomic E-state index is -0.759. The summed E-state index contributed by atoms with van der Waals surface area (Å²) in [4.78, 5) is 37.4. The van der Waals surface area contributed by atoms with E-state index in [1.807, 2.05) is 30.3 Å². The highest BCUT2D eigenvalue weighted by atomic mass is 35.5. The number of halogens is 2. The predicted octanol–water partition coefficient (Wildman–Crippen LogP) is 3.98. The molecule has 0 unspecified atom stereocenters. The molecule has 0 aliphatic carbocycles. The van der Waals surface area contributed by atoms with E-state index in [4.69, 9.17) is 16.0 Å². The SMILES string of the molecule is O=C(Cn1c(=O)oc2cc(C(=O)c3ccccc3F)c(Cl)cc21)NCCc1ccccc1. The number of fused-ring (bicyclic) bond motifs is 1. The maximum absolute atomic E-state index is 14.0. The molecule has 32 heavy (non-hydrogen) atoms. The summed E-state index contributed by atoms with van der Waals surface area (Å²) in [5.41, 5.74) is 1.28. The number of benzene rings is 3. The van der Waals surface area contributed by atoms with E-state index in [1.165, 1.54) is 36.4 Å². The van der Waals surface area contributed by atoms with Gasteiger partial charge in [0.1, 0.15) is 12.4 Å². The second kappa shape index (κ2) is 9.20. The van der Waals surface area contributed by atoms with Gasteiger partial charge in [0, 0.05) is 12.1 Å². The molecule has 0 aliphatic heterocycles. The Hall–Kier alpha value is -3.71. The Labute approximate surface area is 187 Å². The van der Waals surface area contributed by atoms with Gasteiger partial charge in [0.2, 0.25) is 5.91 Å². The van der Waals surface area contributed by atoms with Crippen LogP contribution in [0, 0.1) is 5.82 Å². The number of hydrogen-bond acceptors (Lipinski definition) is 4. The van der Waals surface area contributed by atoms with Crippen LogP contribution in [0.2, 0.25) is 5.02 Å². The molecule has 162 valence electrons. The van der Waals surface area contributed by atoms with Gasteiger partial charge in [-0.3, -0.25) is 14.2 Å². The Kier molecular flexibility index (Phi) is 6.18. The molecule has 0 atom stereocenters. The summed E-state index contributed by atoms with van der Waals surface area (Å²) in [6.07, 6.45) is 0.654. The summed E-state index contributed by atoms with van der Waals surface area (Å²) in [6.45, 7) is 0.146. The molecule has 0 saturated heterocycles. The maximum Gasteiger partial charge on any atom is 0.420 e. The molecular formula is C24H18ClFN2O4. The van der Waals surface area contributed by atoms with E-state index >= 15 is 0 Å². The van der Waals surface area contributed by atoms with Crippen LogP contribution in [0.1, 0.15) is 21.5 Å². The number of carbonyl (C=O) groups is 2. The lowest BCUT2D eigenvalue weighted by Crippen LogP contribution is -2.32. The first-order valence-corrected chi connectivity index (χ1v) is 10.2. The fourth-order valence-corrected chi connectivity index (χ4v) is 3.63. The lowest BCUT2D eigenvalue weighted by molar-refractivity contribution is -0.121. The lowest BCUT2D eigenvalue weighted by atomic mass is 10.0. The molecule has 8 heteroatoms. The zero-order valence-corrected chi connectivity index (χ0v) is 17.6. The number of rotatable bonds is 7. The van der Waals surface area contributed by atoms with Crippen molar-refractivity contribution in [3.8, 4) is 0 Å². The zero-order valence-electron chi connectivity index (χ0n) is 16.8. The average Bonchev–Trinajstić information content (AvgIpc) is 3.08. The number of amides is 1. The number of oxazole rings is 1. The van der Waals surface area contributed by atoms with E-state index in [-0.39, 0.29) is 39.7 Å². The van der Waals surface area contributed by atoms with E-state index in [2.05, 4.69) is 5.32 Å². The highest BCUT2D eigenvalue weighted by Gasteiger charge is 2.21. The van der Waals surface area contributed by atoms with E-state index in [1.54, 1.807) is 0 Å². The van der Waals surface area contributed by atoms with Gasteiger partial charge in [-0.05, 0) is 36.2 Å². The average molecular weight is 453 g/mol. The molecular weight excluding hydrogens is 435 g/mol. The normalized spacial score (nSPS) is 10.9. The molecule has 1 heterocycles. The van der Waals surface area contributed by atoms with Gasteiger partial charge in [0.15, 0.2) is 11.4 Å². The molecule has 1 amide bonds. The Morgan fingerprint density at radius 2 is 1.72 bits per heavy atom. The van der Waals surface area contributed by atoms with Gasteiger partial charge in [-0.25, -0.2) is 9.18 Å². The van der Waals surface area contributed by atoms with E-state index < -0.39 is 17.4 Å². The van der Waals surface area contributed by atoms with Gasteiger partial charge in [-0.1, -0.05) is 54.1 Å².